The molecule has 0 saturated heterocycles. The Kier molecular flexibility index (Phi) is 4.40. The molecule has 0 radical (unpaired) electrons. The van der Waals surface area contributed by atoms with Crippen molar-refractivity contribution in [3.05, 3.63) is 30.3 Å². The van der Waals surface area contributed by atoms with Crippen molar-refractivity contribution in [2.24, 2.45) is 5.10 Å². The molecule has 1 aromatic rings. The average Bonchev–Trinajstić information content (AvgIpc) is 2.92. The lowest BCUT2D eigenvalue weighted by atomic mass is 10.1. The molecule has 0 saturated carbocycles. The Balaban J connectivity index is 2.25. The third-order valence-corrected chi connectivity index (χ3v) is 3.18. The highest BCUT2D eigenvalue weighted by molar-refractivity contribution is 6.40. The Labute approximate surface area is 126 Å². The maximum atomic E-state index is 12.1. The summed E-state index contributed by atoms with van der Waals surface area (Å²) in [7, 11) is 1.33. The van der Waals surface area contributed by atoms with Crippen LogP contribution in [0, 0.1) is 0 Å². The van der Waals surface area contributed by atoms with E-state index in [1.807, 2.05) is 0 Å². The van der Waals surface area contributed by atoms with E-state index in [4.69, 9.17) is 5.11 Å². The van der Waals surface area contributed by atoms with Gasteiger partial charge in [0.2, 0.25) is 0 Å². The molecule has 1 atom stereocenters. The number of carboxylic acid groups (broad SMARTS) is 2. The fraction of sp³-hybridized carbons (Fsp3) is 0.286. The number of carbonyl (C=O) groups is 3. The first-order valence-corrected chi connectivity index (χ1v) is 6.52. The molecular weight excluding hydrogens is 290 g/mol. The number of aliphatic carboxylic acids is 2. The zero-order chi connectivity index (χ0) is 16.3. The first kappa shape index (κ1) is 15.5. The average molecular weight is 305 g/mol. The normalized spacial score (nSPS) is 17.0. The molecule has 0 fully saturated rings. The highest BCUT2D eigenvalue weighted by Gasteiger charge is 2.37. The maximum absolute atomic E-state index is 12.1. The van der Waals surface area contributed by atoms with Gasteiger partial charge in [0.25, 0.3) is 5.91 Å². The standard InChI is InChI=1S/C14H15N3O5/c1-16(8-12(18)19)13(20)10-7-11(14(21)22)17(15-10)9-5-3-2-4-6-9/h2-6,11H,7-8H2,1H3,(H,18,19)(H,21,22). The topological polar surface area (TPSA) is 111 Å². The highest BCUT2D eigenvalue weighted by atomic mass is 16.4. The minimum atomic E-state index is -1.15. The van der Waals surface area contributed by atoms with Gasteiger partial charge in [-0.15, -0.1) is 0 Å². The van der Waals surface area contributed by atoms with Crippen LogP contribution in [-0.2, 0) is 14.4 Å². The van der Waals surface area contributed by atoms with Crippen molar-refractivity contribution in [1.29, 1.82) is 0 Å². The van der Waals surface area contributed by atoms with E-state index in [9.17, 15) is 19.5 Å². The molecule has 0 bridgehead atoms. The summed E-state index contributed by atoms with van der Waals surface area (Å²) in [4.78, 5) is 35.1. The van der Waals surface area contributed by atoms with Crippen molar-refractivity contribution in [3.63, 3.8) is 0 Å². The van der Waals surface area contributed by atoms with E-state index in [2.05, 4.69) is 5.10 Å². The van der Waals surface area contributed by atoms with E-state index >= 15 is 0 Å². The summed E-state index contributed by atoms with van der Waals surface area (Å²) in [6.07, 6.45) is -0.0764. The first-order chi connectivity index (χ1) is 10.4. The Morgan fingerprint density at radius 1 is 1.27 bits per heavy atom. The predicted octanol–water partition coefficient (Wildman–Crippen LogP) is 0.249. The van der Waals surface area contributed by atoms with Gasteiger partial charge in [-0.25, -0.2) is 4.79 Å². The smallest absolute Gasteiger partial charge is 0.328 e. The zero-order valence-electron chi connectivity index (χ0n) is 11.8. The van der Waals surface area contributed by atoms with E-state index in [0.29, 0.717) is 5.69 Å². The summed E-state index contributed by atoms with van der Waals surface area (Å²) in [5.74, 6) is -2.84. The van der Waals surface area contributed by atoms with Crippen LogP contribution in [0.5, 0.6) is 0 Å². The van der Waals surface area contributed by atoms with Gasteiger partial charge in [0.15, 0.2) is 6.04 Å². The van der Waals surface area contributed by atoms with Gasteiger partial charge < -0.3 is 15.1 Å². The summed E-state index contributed by atoms with van der Waals surface area (Å²) < 4.78 is 0. The fourth-order valence-electron chi connectivity index (χ4n) is 2.15. The number of amides is 1. The summed E-state index contributed by atoms with van der Waals surface area (Å²) in [5, 5.41) is 23.3. The van der Waals surface area contributed by atoms with Gasteiger partial charge in [-0.05, 0) is 12.1 Å². The van der Waals surface area contributed by atoms with Crippen molar-refractivity contribution in [3.8, 4) is 0 Å². The Morgan fingerprint density at radius 2 is 1.91 bits per heavy atom. The van der Waals surface area contributed by atoms with Crippen molar-refractivity contribution in [2.75, 3.05) is 18.6 Å². The van der Waals surface area contributed by atoms with Crippen molar-refractivity contribution in [2.45, 2.75) is 12.5 Å². The van der Waals surface area contributed by atoms with Crippen LogP contribution in [0.25, 0.3) is 0 Å². The molecule has 1 heterocycles. The quantitative estimate of drug-likeness (QED) is 0.806. The minimum absolute atomic E-state index is 0.0278. The molecule has 1 aromatic carbocycles. The Bertz CT molecular complexity index is 629. The summed E-state index contributed by atoms with van der Waals surface area (Å²) in [5.41, 5.74) is 0.582. The number of carbonyl (C=O) groups excluding carboxylic acids is 1. The van der Waals surface area contributed by atoms with E-state index in [-0.39, 0.29) is 12.1 Å². The van der Waals surface area contributed by atoms with E-state index in [0.717, 1.165) is 4.90 Å². The molecule has 2 rings (SSSR count). The van der Waals surface area contributed by atoms with Crippen LogP contribution in [0.3, 0.4) is 0 Å². The van der Waals surface area contributed by atoms with Gasteiger partial charge in [-0.1, -0.05) is 18.2 Å². The van der Waals surface area contributed by atoms with Gasteiger partial charge in [0.05, 0.1) is 5.69 Å². The molecule has 1 aliphatic heterocycles. The monoisotopic (exact) mass is 305 g/mol. The van der Waals surface area contributed by atoms with Crippen LogP contribution in [0.4, 0.5) is 5.69 Å². The molecule has 1 amide bonds. The number of benzene rings is 1. The van der Waals surface area contributed by atoms with Crippen LogP contribution in [0.2, 0.25) is 0 Å². The second-order valence-corrected chi connectivity index (χ2v) is 4.84. The number of hydrogen-bond donors (Lipinski definition) is 2. The lowest BCUT2D eigenvalue weighted by molar-refractivity contribution is -0.141. The molecule has 0 spiro atoms. The third-order valence-electron chi connectivity index (χ3n) is 3.18. The number of anilines is 1. The van der Waals surface area contributed by atoms with E-state index in [1.54, 1.807) is 30.3 Å². The van der Waals surface area contributed by atoms with Gasteiger partial charge in [0, 0.05) is 13.5 Å². The summed E-state index contributed by atoms with van der Waals surface area (Å²) in [6, 6.07) is 7.65. The second-order valence-electron chi connectivity index (χ2n) is 4.84. The lowest BCUT2D eigenvalue weighted by Gasteiger charge is -2.19. The Hall–Kier alpha value is -2.90. The van der Waals surface area contributed by atoms with Crippen molar-refractivity contribution in [1.82, 2.24) is 4.90 Å². The number of nitrogens with zero attached hydrogens (tertiary/aromatic N) is 3. The largest absolute Gasteiger partial charge is 0.480 e. The van der Waals surface area contributed by atoms with Crippen LogP contribution in [-0.4, -0.2) is 58.3 Å². The number of hydrazone groups is 1. The van der Waals surface area contributed by atoms with Crippen LogP contribution in [0.15, 0.2) is 35.4 Å². The maximum Gasteiger partial charge on any atom is 0.328 e. The summed E-state index contributed by atoms with van der Waals surface area (Å²) in [6.45, 7) is -0.471. The van der Waals surface area contributed by atoms with Crippen molar-refractivity contribution < 1.29 is 24.6 Å². The molecule has 8 nitrogen and oxygen atoms in total. The van der Waals surface area contributed by atoms with Gasteiger partial charge in [-0.3, -0.25) is 14.6 Å². The van der Waals surface area contributed by atoms with E-state index in [1.165, 1.54) is 12.1 Å². The molecule has 1 unspecified atom stereocenters. The van der Waals surface area contributed by atoms with Crippen LogP contribution < -0.4 is 5.01 Å². The minimum Gasteiger partial charge on any atom is -0.480 e. The molecule has 0 aromatic heterocycles. The molecular formula is C14H15N3O5. The van der Waals surface area contributed by atoms with Crippen LogP contribution >= 0.6 is 0 Å². The van der Waals surface area contributed by atoms with Gasteiger partial charge in [-0.2, -0.15) is 5.10 Å². The molecule has 22 heavy (non-hydrogen) atoms. The lowest BCUT2D eigenvalue weighted by Crippen LogP contribution is -2.38. The molecule has 1 aliphatic rings. The SMILES string of the molecule is CN(CC(=O)O)C(=O)C1=NN(c2ccccc2)C(C(=O)O)C1. The third kappa shape index (κ3) is 3.22. The molecule has 0 aliphatic carbocycles. The number of carboxylic acids is 2. The first-order valence-electron chi connectivity index (χ1n) is 6.52. The van der Waals surface area contributed by atoms with Gasteiger partial charge in [0.1, 0.15) is 12.3 Å². The molecule has 2 N–H and O–H groups in total. The van der Waals surface area contributed by atoms with Crippen molar-refractivity contribution >= 4 is 29.2 Å². The number of para-hydroxylation sites is 1. The number of rotatable bonds is 5. The van der Waals surface area contributed by atoms with Gasteiger partial charge >= 0.3 is 11.9 Å². The second kappa shape index (κ2) is 6.25. The van der Waals surface area contributed by atoms with E-state index < -0.39 is 30.4 Å². The number of likely N-dealkylation sites (N-methyl/N-ethyl adjacent to an activating group) is 1. The predicted molar refractivity (Wildman–Crippen MR) is 77.7 cm³/mol. The van der Waals surface area contributed by atoms with Crippen LogP contribution in [0.1, 0.15) is 6.42 Å². The highest BCUT2D eigenvalue weighted by Crippen LogP contribution is 2.25. The molecule has 8 heteroatoms. The fourth-order valence-corrected chi connectivity index (χ4v) is 2.15. The number of hydrogen-bond acceptors (Lipinski definition) is 5. The zero-order valence-corrected chi connectivity index (χ0v) is 11.8. The summed E-state index contributed by atoms with van der Waals surface area (Å²) >= 11 is 0. The Morgan fingerprint density at radius 3 is 2.45 bits per heavy atom. The molecule has 116 valence electrons.